The Hall–Kier alpha value is -2.87. The molecule has 0 aliphatic carbocycles. The van der Waals surface area contributed by atoms with Crippen LogP contribution < -0.4 is 5.32 Å². The quantitative estimate of drug-likeness (QED) is 0.889. The van der Waals surface area contributed by atoms with Gasteiger partial charge in [0.1, 0.15) is 6.07 Å². The number of nitrogens with one attached hydrogen (secondary N) is 1. The Morgan fingerprint density at radius 2 is 2.20 bits per heavy atom. The van der Waals surface area contributed by atoms with E-state index in [4.69, 9.17) is 10.4 Å². The van der Waals surface area contributed by atoms with Crippen LogP contribution in [0.3, 0.4) is 0 Å². The van der Waals surface area contributed by atoms with Gasteiger partial charge in [-0.15, -0.1) is 0 Å². The number of pyridine rings is 1. The molecular formula is C15H13N3O2. The summed E-state index contributed by atoms with van der Waals surface area (Å²) in [4.78, 5) is 15.0. The molecule has 1 aromatic heterocycles. The van der Waals surface area contributed by atoms with Crippen LogP contribution in [0, 0.1) is 18.3 Å². The van der Waals surface area contributed by atoms with Gasteiger partial charge in [0.25, 0.3) is 0 Å². The normalized spacial score (nSPS) is 9.80. The maximum atomic E-state index is 10.9. The van der Waals surface area contributed by atoms with Crippen LogP contribution in [0.1, 0.15) is 27.2 Å². The van der Waals surface area contributed by atoms with Crippen molar-refractivity contribution in [3.8, 4) is 6.07 Å². The Labute approximate surface area is 116 Å². The number of aryl methyl sites for hydroxylation is 1. The molecule has 0 aliphatic heterocycles. The zero-order chi connectivity index (χ0) is 14.5. The number of hydrogen-bond acceptors (Lipinski definition) is 4. The van der Waals surface area contributed by atoms with Gasteiger partial charge in [-0.3, -0.25) is 4.98 Å². The smallest absolute Gasteiger partial charge is 0.335 e. The van der Waals surface area contributed by atoms with Crippen molar-refractivity contribution in [2.75, 3.05) is 5.32 Å². The fourth-order valence-electron chi connectivity index (χ4n) is 1.80. The molecule has 0 radical (unpaired) electrons. The van der Waals surface area contributed by atoms with E-state index in [1.807, 2.05) is 19.1 Å². The van der Waals surface area contributed by atoms with E-state index in [-0.39, 0.29) is 5.56 Å². The number of carbonyl (C=O) groups is 1. The fraction of sp³-hybridized carbons (Fsp3) is 0.133. The van der Waals surface area contributed by atoms with Gasteiger partial charge >= 0.3 is 5.97 Å². The van der Waals surface area contributed by atoms with Gasteiger partial charge in [0.2, 0.25) is 0 Å². The Morgan fingerprint density at radius 1 is 1.40 bits per heavy atom. The van der Waals surface area contributed by atoms with Crippen LogP contribution in [0.25, 0.3) is 0 Å². The highest BCUT2D eigenvalue weighted by Crippen LogP contribution is 2.17. The molecule has 0 saturated carbocycles. The van der Waals surface area contributed by atoms with Gasteiger partial charge in [-0.05, 0) is 36.8 Å². The van der Waals surface area contributed by atoms with E-state index < -0.39 is 5.97 Å². The maximum Gasteiger partial charge on any atom is 0.335 e. The third-order valence-corrected chi connectivity index (χ3v) is 2.82. The minimum atomic E-state index is -0.984. The first-order valence-electron chi connectivity index (χ1n) is 6.03. The molecular weight excluding hydrogens is 254 g/mol. The number of carboxylic acid groups (broad SMARTS) is 1. The number of aromatic carboxylic acids is 1. The van der Waals surface area contributed by atoms with Crippen LogP contribution in [-0.2, 0) is 6.54 Å². The molecule has 1 aromatic carbocycles. The van der Waals surface area contributed by atoms with Crippen molar-refractivity contribution in [1.82, 2.24) is 4.98 Å². The summed E-state index contributed by atoms with van der Waals surface area (Å²) in [5, 5.41) is 21.1. The van der Waals surface area contributed by atoms with Crippen LogP contribution in [-0.4, -0.2) is 16.1 Å². The predicted octanol–water partition coefficient (Wildman–Crippen LogP) is 2.57. The van der Waals surface area contributed by atoms with E-state index in [0.717, 1.165) is 11.3 Å². The molecule has 20 heavy (non-hydrogen) atoms. The molecule has 5 nitrogen and oxygen atoms in total. The van der Waals surface area contributed by atoms with Crippen molar-refractivity contribution in [3.05, 3.63) is 58.9 Å². The van der Waals surface area contributed by atoms with Gasteiger partial charge in [0.05, 0.1) is 29.1 Å². The van der Waals surface area contributed by atoms with E-state index in [2.05, 4.69) is 16.4 Å². The zero-order valence-corrected chi connectivity index (χ0v) is 10.9. The lowest BCUT2D eigenvalue weighted by Crippen LogP contribution is -2.05. The molecule has 0 unspecified atom stereocenters. The minimum absolute atomic E-state index is 0.196. The molecule has 0 saturated heterocycles. The Bertz CT molecular complexity index is 690. The molecule has 2 N–H and O–H groups in total. The van der Waals surface area contributed by atoms with Gasteiger partial charge in [-0.25, -0.2) is 4.79 Å². The average molecular weight is 267 g/mol. The second-order valence-electron chi connectivity index (χ2n) is 4.36. The van der Waals surface area contributed by atoms with Gasteiger partial charge in [-0.2, -0.15) is 5.26 Å². The highest BCUT2D eigenvalue weighted by Gasteiger charge is 2.06. The monoisotopic (exact) mass is 267 g/mol. The van der Waals surface area contributed by atoms with Crippen LogP contribution in [0.15, 0.2) is 36.5 Å². The summed E-state index contributed by atoms with van der Waals surface area (Å²) in [7, 11) is 0. The van der Waals surface area contributed by atoms with Gasteiger partial charge < -0.3 is 10.4 Å². The average Bonchev–Trinajstić information content (AvgIpc) is 2.45. The summed E-state index contributed by atoms with van der Waals surface area (Å²) in [6, 6.07) is 10.6. The van der Waals surface area contributed by atoms with E-state index >= 15 is 0 Å². The van der Waals surface area contributed by atoms with Gasteiger partial charge in [-0.1, -0.05) is 6.07 Å². The van der Waals surface area contributed by atoms with Crippen molar-refractivity contribution in [2.45, 2.75) is 13.5 Å². The van der Waals surface area contributed by atoms with Crippen molar-refractivity contribution in [3.63, 3.8) is 0 Å². The SMILES string of the molecule is Cc1ccc(C#N)c(NCc2cc(C(=O)O)ccn2)c1. The third-order valence-electron chi connectivity index (χ3n) is 2.82. The zero-order valence-electron chi connectivity index (χ0n) is 10.9. The van der Waals surface area contributed by atoms with E-state index in [1.54, 1.807) is 6.07 Å². The number of benzene rings is 1. The molecule has 100 valence electrons. The van der Waals surface area contributed by atoms with Crippen molar-refractivity contribution in [1.29, 1.82) is 5.26 Å². The molecule has 0 fully saturated rings. The lowest BCUT2D eigenvalue weighted by molar-refractivity contribution is 0.0696. The van der Waals surface area contributed by atoms with Crippen LogP contribution in [0.4, 0.5) is 5.69 Å². The number of rotatable bonds is 4. The lowest BCUT2D eigenvalue weighted by Gasteiger charge is -2.09. The molecule has 0 amide bonds. The molecule has 0 bridgehead atoms. The Morgan fingerprint density at radius 3 is 2.90 bits per heavy atom. The number of hydrogen-bond donors (Lipinski definition) is 2. The molecule has 5 heteroatoms. The molecule has 2 rings (SSSR count). The highest BCUT2D eigenvalue weighted by molar-refractivity contribution is 5.87. The Kier molecular flexibility index (Phi) is 3.96. The second kappa shape index (κ2) is 5.85. The van der Waals surface area contributed by atoms with Crippen LogP contribution in [0.5, 0.6) is 0 Å². The Balaban J connectivity index is 2.17. The largest absolute Gasteiger partial charge is 0.478 e. The number of nitrogens with zero attached hydrogens (tertiary/aromatic N) is 2. The third kappa shape index (κ3) is 3.12. The van der Waals surface area contributed by atoms with Crippen LogP contribution >= 0.6 is 0 Å². The second-order valence-corrected chi connectivity index (χ2v) is 4.36. The molecule has 0 atom stereocenters. The van der Waals surface area contributed by atoms with E-state index in [0.29, 0.717) is 17.8 Å². The fourth-order valence-corrected chi connectivity index (χ4v) is 1.80. The summed E-state index contributed by atoms with van der Waals surface area (Å²) in [6.07, 6.45) is 1.46. The summed E-state index contributed by atoms with van der Waals surface area (Å²) >= 11 is 0. The molecule has 0 aliphatic rings. The molecule has 1 heterocycles. The lowest BCUT2D eigenvalue weighted by atomic mass is 10.1. The summed E-state index contributed by atoms with van der Waals surface area (Å²) in [6.45, 7) is 2.30. The van der Waals surface area contributed by atoms with Crippen molar-refractivity contribution in [2.24, 2.45) is 0 Å². The van der Waals surface area contributed by atoms with Gasteiger partial charge in [0, 0.05) is 6.20 Å². The standard InChI is InChI=1S/C15H13N3O2/c1-10-2-3-12(8-16)14(6-10)18-9-13-7-11(15(19)20)4-5-17-13/h2-7,18H,9H2,1H3,(H,19,20). The summed E-state index contributed by atoms with van der Waals surface area (Å²) in [5.41, 5.74) is 3.11. The first-order chi connectivity index (χ1) is 9.60. The first-order valence-corrected chi connectivity index (χ1v) is 6.03. The van der Waals surface area contributed by atoms with Gasteiger partial charge in [0.15, 0.2) is 0 Å². The molecule has 2 aromatic rings. The van der Waals surface area contributed by atoms with Crippen molar-refractivity contribution >= 4 is 11.7 Å². The van der Waals surface area contributed by atoms with E-state index in [1.165, 1.54) is 18.3 Å². The van der Waals surface area contributed by atoms with Crippen molar-refractivity contribution < 1.29 is 9.90 Å². The number of nitriles is 1. The summed E-state index contributed by atoms with van der Waals surface area (Å²) in [5.74, 6) is -0.984. The predicted molar refractivity (Wildman–Crippen MR) is 74.4 cm³/mol. The summed E-state index contributed by atoms with van der Waals surface area (Å²) < 4.78 is 0. The number of aromatic nitrogens is 1. The van der Waals surface area contributed by atoms with E-state index in [9.17, 15) is 4.79 Å². The number of carboxylic acids is 1. The first kappa shape index (κ1) is 13.6. The molecule has 0 spiro atoms. The van der Waals surface area contributed by atoms with Crippen LogP contribution in [0.2, 0.25) is 0 Å². The highest BCUT2D eigenvalue weighted by atomic mass is 16.4. The maximum absolute atomic E-state index is 10.9. The topological polar surface area (TPSA) is 86.0 Å². The number of anilines is 1. The minimum Gasteiger partial charge on any atom is -0.478 e.